The maximum absolute atomic E-state index is 9.48. The Kier molecular flexibility index (Phi) is 7.66. The van der Waals surface area contributed by atoms with E-state index in [-0.39, 0.29) is 31.1 Å². The van der Waals surface area contributed by atoms with Crippen molar-refractivity contribution >= 4 is 24.3 Å². The van der Waals surface area contributed by atoms with Gasteiger partial charge in [0.1, 0.15) is 5.75 Å². The monoisotopic (exact) mass is 403 g/mol. The summed E-state index contributed by atoms with van der Waals surface area (Å²) in [5.74, 6) is 1.23. The number of aliphatic hydroxyl groups is 1. The average Bonchev–Trinajstić information content (AvgIpc) is 2.67. The van der Waals surface area contributed by atoms with Gasteiger partial charge in [-0.1, -0.05) is 48.0 Å². The van der Waals surface area contributed by atoms with Crippen LogP contribution < -0.4 is 16.2 Å². The van der Waals surface area contributed by atoms with E-state index >= 15 is 0 Å². The van der Waals surface area contributed by atoms with Crippen LogP contribution in [0, 0.1) is 6.92 Å². The first kappa shape index (κ1) is 21.5. The zero-order valence-electron chi connectivity index (χ0n) is 15.8. The summed E-state index contributed by atoms with van der Waals surface area (Å²) in [6.45, 7) is 3.04. The molecule has 0 saturated carbocycles. The number of ether oxygens (including phenoxy) is 1. The summed E-state index contributed by atoms with van der Waals surface area (Å²) in [7, 11) is 0. The van der Waals surface area contributed by atoms with Gasteiger partial charge in [-0.25, -0.2) is 4.99 Å². The highest BCUT2D eigenvalue weighted by Crippen LogP contribution is 2.25. The lowest BCUT2D eigenvalue weighted by molar-refractivity contribution is 0.244. The van der Waals surface area contributed by atoms with Crippen LogP contribution in [0.4, 0.5) is 0 Å². The number of nitrogens with zero attached hydrogens (tertiary/aromatic N) is 3. The Hall–Kier alpha value is -2.77. The second-order valence-electron chi connectivity index (χ2n) is 6.41. The molecule has 2 aromatic rings. The van der Waals surface area contributed by atoms with Gasteiger partial charge in [-0.2, -0.15) is 4.99 Å². The molecule has 1 atom stereocenters. The van der Waals surface area contributed by atoms with Crippen molar-refractivity contribution in [3.05, 3.63) is 65.2 Å². The van der Waals surface area contributed by atoms with Crippen molar-refractivity contribution in [3.8, 4) is 5.75 Å². The molecule has 150 valence electrons. The molecule has 0 aliphatic carbocycles. The van der Waals surface area contributed by atoms with Crippen LogP contribution in [0.5, 0.6) is 5.75 Å². The molecule has 0 bridgehead atoms. The van der Waals surface area contributed by atoms with Crippen LogP contribution in [0.3, 0.4) is 0 Å². The highest BCUT2D eigenvalue weighted by molar-refractivity contribution is 5.95. The van der Waals surface area contributed by atoms with E-state index < -0.39 is 0 Å². The number of hydrogen-bond acceptors (Lipinski definition) is 7. The number of hydrogen-bond donors (Lipinski definition) is 3. The van der Waals surface area contributed by atoms with E-state index in [0.29, 0.717) is 31.3 Å². The van der Waals surface area contributed by atoms with E-state index in [0.717, 1.165) is 16.7 Å². The molecule has 0 spiro atoms. The molecule has 0 fully saturated rings. The molecule has 0 saturated heterocycles. The zero-order chi connectivity index (χ0) is 19.2. The van der Waals surface area contributed by atoms with E-state index in [1.54, 1.807) is 0 Å². The number of guanidine groups is 2. The lowest BCUT2D eigenvalue weighted by Gasteiger charge is -2.32. The zero-order valence-corrected chi connectivity index (χ0v) is 16.6. The van der Waals surface area contributed by atoms with Crippen LogP contribution >= 0.6 is 12.4 Å². The fourth-order valence-corrected chi connectivity index (χ4v) is 3.04. The molecule has 0 amide bonds. The number of aryl methyl sites for hydroxylation is 1. The summed E-state index contributed by atoms with van der Waals surface area (Å²) in [5, 5.41) is 9.48. The van der Waals surface area contributed by atoms with Gasteiger partial charge in [0, 0.05) is 12.1 Å². The van der Waals surface area contributed by atoms with Gasteiger partial charge in [0.2, 0.25) is 11.9 Å². The topological polar surface area (TPSA) is 109 Å². The minimum Gasteiger partial charge on any atom is -0.493 e. The molecule has 0 radical (unpaired) electrons. The minimum atomic E-state index is -0.295. The van der Waals surface area contributed by atoms with Crippen molar-refractivity contribution < 1.29 is 9.84 Å². The number of benzene rings is 2. The van der Waals surface area contributed by atoms with Crippen LogP contribution in [0.15, 0.2) is 58.5 Å². The van der Waals surface area contributed by atoms with E-state index in [2.05, 4.69) is 9.98 Å². The number of nitrogens with two attached hydrogens (primary N) is 2. The standard InChI is InChI=1S/C20H25N5O2.ClH/c1-14-8-9-17(16(12-14)13-26)27-11-5-10-25-18(15-6-3-2-4-7-15)23-19(21)24-20(25)22;/h2-4,6-9,12,18,26H,5,10-11,13H2,1H3,(H4,21,22,23,24);1H. The van der Waals surface area contributed by atoms with Crippen LogP contribution in [0.2, 0.25) is 0 Å². The van der Waals surface area contributed by atoms with Crippen molar-refractivity contribution in [2.24, 2.45) is 21.5 Å². The highest BCUT2D eigenvalue weighted by atomic mass is 35.5. The van der Waals surface area contributed by atoms with Crippen molar-refractivity contribution in [2.45, 2.75) is 26.1 Å². The lowest BCUT2D eigenvalue weighted by Crippen LogP contribution is -2.44. The predicted octanol–water partition coefficient (Wildman–Crippen LogP) is 2.32. The van der Waals surface area contributed by atoms with Crippen molar-refractivity contribution in [2.75, 3.05) is 13.2 Å². The molecule has 1 aliphatic rings. The second kappa shape index (κ2) is 9.96. The van der Waals surface area contributed by atoms with E-state index in [9.17, 15) is 5.11 Å². The summed E-state index contributed by atoms with van der Waals surface area (Å²) in [4.78, 5) is 10.4. The lowest BCUT2D eigenvalue weighted by atomic mass is 10.1. The van der Waals surface area contributed by atoms with Gasteiger partial charge in [0.25, 0.3) is 0 Å². The quantitative estimate of drug-likeness (QED) is 0.614. The third-order valence-corrected chi connectivity index (χ3v) is 4.36. The van der Waals surface area contributed by atoms with Crippen LogP contribution in [-0.2, 0) is 6.61 Å². The van der Waals surface area contributed by atoms with Crippen molar-refractivity contribution in [1.29, 1.82) is 0 Å². The number of halogens is 1. The van der Waals surface area contributed by atoms with E-state index in [4.69, 9.17) is 16.2 Å². The Labute approximate surface area is 171 Å². The van der Waals surface area contributed by atoms with Gasteiger partial charge in [0.15, 0.2) is 6.17 Å². The largest absolute Gasteiger partial charge is 0.493 e. The first-order chi connectivity index (χ1) is 13.1. The van der Waals surface area contributed by atoms with Gasteiger partial charge in [-0.05, 0) is 25.0 Å². The SMILES string of the molecule is Cc1ccc(OCCCN2C(N)=NC(N)=NC2c2ccccc2)c(CO)c1.Cl. The van der Waals surface area contributed by atoms with Crippen molar-refractivity contribution in [1.82, 2.24) is 4.90 Å². The van der Waals surface area contributed by atoms with Gasteiger partial charge in [-0.3, -0.25) is 0 Å². The minimum absolute atomic E-state index is 0. The van der Waals surface area contributed by atoms with Crippen LogP contribution in [0.25, 0.3) is 0 Å². The average molecular weight is 404 g/mol. The number of aliphatic hydroxyl groups excluding tert-OH is 1. The van der Waals surface area contributed by atoms with Gasteiger partial charge < -0.3 is 26.2 Å². The molecule has 3 rings (SSSR count). The predicted molar refractivity (Wildman–Crippen MR) is 114 cm³/mol. The molecule has 0 aromatic heterocycles. The summed E-state index contributed by atoms with van der Waals surface area (Å²) >= 11 is 0. The molecule has 1 unspecified atom stereocenters. The summed E-state index contributed by atoms with van der Waals surface area (Å²) in [6.07, 6.45) is 0.421. The third-order valence-electron chi connectivity index (χ3n) is 4.36. The Morgan fingerprint density at radius 1 is 1.14 bits per heavy atom. The van der Waals surface area contributed by atoms with Crippen molar-refractivity contribution in [3.63, 3.8) is 0 Å². The Morgan fingerprint density at radius 2 is 1.89 bits per heavy atom. The molecule has 28 heavy (non-hydrogen) atoms. The third kappa shape index (κ3) is 5.15. The molecular formula is C20H26ClN5O2. The Balaban J connectivity index is 0.00000280. The molecular weight excluding hydrogens is 378 g/mol. The van der Waals surface area contributed by atoms with Gasteiger partial charge in [-0.15, -0.1) is 12.4 Å². The number of rotatable bonds is 7. The summed E-state index contributed by atoms with van der Waals surface area (Å²) in [6, 6.07) is 15.6. The molecule has 8 heteroatoms. The molecule has 2 aromatic carbocycles. The summed E-state index contributed by atoms with van der Waals surface area (Å²) < 4.78 is 5.84. The first-order valence-electron chi connectivity index (χ1n) is 8.90. The Morgan fingerprint density at radius 3 is 2.61 bits per heavy atom. The molecule has 1 heterocycles. The molecule has 7 nitrogen and oxygen atoms in total. The van der Waals surface area contributed by atoms with Crippen LogP contribution in [0.1, 0.15) is 29.3 Å². The molecule has 5 N–H and O–H groups in total. The first-order valence-corrected chi connectivity index (χ1v) is 8.90. The fraction of sp³-hybridized carbons (Fsp3) is 0.300. The maximum atomic E-state index is 9.48. The highest BCUT2D eigenvalue weighted by Gasteiger charge is 2.25. The second-order valence-corrected chi connectivity index (χ2v) is 6.41. The summed E-state index contributed by atoms with van der Waals surface area (Å²) in [5.41, 5.74) is 14.8. The Bertz CT molecular complexity index is 842. The van der Waals surface area contributed by atoms with E-state index in [1.165, 1.54) is 0 Å². The normalized spacial score (nSPS) is 16.1. The maximum Gasteiger partial charge on any atom is 0.220 e. The smallest absolute Gasteiger partial charge is 0.220 e. The fourth-order valence-electron chi connectivity index (χ4n) is 3.04. The molecule has 1 aliphatic heterocycles. The van der Waals surface area contributed by atoms with Crippen LogP contribution in [-0.4, -0.2) is 35.1 Å². The van der Waals surface area contributed by atoms with E-state index in [1.807, 2.05) is 60.4 Å². The van der Waals surface area contributed by atoms with Gasteiger partial charge in [0.05, 0.1) is 13.2 Å². The van der Waals surface area contributed by atoms with Gasteiger partial charge >= 0.3 is 0 Å². The number of aliphatic imine (C=N–C) groups is 2.